The first-order valence-electron chi connectivity index (χ1n) is 11.4. The van der Waals surface area contributed by atoms with E-state index in [0.717, 1.165) is 25.0 Å². The van der Waals surface area contributed by atoms with Crippen LogP contribution >= 0.6 is 0 Å². The van der Waals surface area contributed by atoms with Gasteiger partial charge in [-0.2, -0.15) is 13.2 Å². The zero-order valence-electron chi connectivity index (χ0n) is 19.4. The molecule has 0 bridgehead atoms. The number of imidazole rings is 1. The van der Waals surface area contributed by atoms with Crippen LogP contribution in [0, 0.1) is 5.41 Å². The van der Waals surface area contributed by atoms with Crippen molar-refractivity contribution in [2.45, 2.75) is 44.0 Å². The summed E-state index contributed by atoms with van der Waals surface area (Å²) in [6.45, 7) is 0. The van der Waals surface area contributed by atoms with Gasteiger partial charge >= 0.3 is 6.18 Å². The average Bonchev–Trinajstić information content (AvgIpc) is 3.21. The molecule has 2 aliphatic carbocycles. The van der Waals surface area contributed by atoms with Crippen LogP contribution < -0.4 is 15.8 Å². The molecule has 2 heterocycles. The van der Waals surface area contributed by atoms with Crippen molar-refractivity contribution in [3.63, 3.8) is 0 Å². The van der Waals surface area contributed by atoms with E-state index in [-0.39, 0.29) is 40.1 Å². The molecule has 36 heavy (non-hydrogen) atoms. The highest BCUT2D eigenvalue weighted by Gasteiger charge is 2.54. The third-order valence-corrected chi connectivity index (χ3v) is 6.97. The topological polar surface area (TPSA) is 112 Å². The summed E-state index contributed by atoms with van der Waals surface area (Å²) in [7, 11) is 1.67. The summed E-state index contributed by atoms with van der Waals surface area (Å²) in [5.74, 6) is -0.946. The average molecular weight is 499 g/mol. The number of aromatic nitrogens is 3. The zero-order valence-corrected chi connectivity index (χ0v) is 19.4. The normalized spacial score (nSPS) is 23.0. The molecule has 0 atom stereocenters. The number of rotatable bonds is 6. The number of carbonyl (C=O) groups is 2. The van der Waals surface area contributed by atoms with Crippen LogP contribution in [0.4, 0.5) is 13.2 Å². The number of amides is 2. The van der Waals surface area contributed by atoms with E-state index in [4.69, 9.17) is 10.5 Å². The van der Waals surface area contributed by atoms with E-state index in [1.54, 1.807) is 23.7 Å². The molecule has 0 radical (unpaired) electrons. The molecule has 0 aliphatic heterocycles. The predicted octanol–water partition coefficient (Wildman–Crippen LogP) is 3.72. The molecule has 2 fully saturated rings. The number of carbonyl (C=O) groups excluding carboxylic acids is 2. The lowest BCUT2D eigenvalue weighted by atomic mass is 9.53. The first kappa shape index (κ1) is 23.8. The van der Waals surface area contributed by atoms with Crippen LogP contribution in [0.25, 0.3) is 11.3 Å². The summed E-state index contributed by atoms with van der Waals surface area (Å²) < 4.78 is 48.0. The van der Waals surface area contributed by atoms with Gasteiger partial charge in [-0.1, -0.05) is 0 Å². The number of aryl methyl sites for hydroxylation is 1. The number of nitrogens with zero attached hydrogens (tertiary/aromatic N) is 3. The highest BCUT2D eigenvalue weighted by molar-refractivity contribution is 5.96. The maximum Gasteiger partial charge on any atom is 0.416 e. The largest absolute Gasteiger partial charge is 0.474 e. The SMILES string of the molecule is Cn1cncc1-c1cc(C(=O)NC2CC3(C2)CC(Oc2ncccc2C(N)=O)C3)cc(C(F)(F)F)c1. The molecule has 2 saturated carbocycles. The van der Waals surface area contributed by atoms with Gasteiger partial charge in [0.2, 0.25) is 5.88 Å². The fourth-order valence-corrected chi connectivity index (χ4v) is 5.21. The number of nitrogens with one attached hydrogen (secondary N) is 1. The molecule has 0 saturated heterocycles. The predicted molar refractivity (Wildman–Crippen MR) is 123 cm³/mol. The van der Waals surface area contributed by atoms with Crippen molar-refractivity contribution >= 4 is 11.8 Å². The van der Waals surface area contributed by atoms with Crippen LogP contribution in [-0.4, -0.2) is 38.5 Å². The number of hydrogen-bond donors (Lipinski definition) is 2. The van der Waals surface area contributed by atoms with Crippen molar-refractivity contribution in [3.05, 3.63) is 65.7 Å². The van der Waals surface area contributed by atoms with E-state index in [9.17, 15) is 22.8 Å². The summed E-state index contributed by atoms with van der Waals surface area (Å²) >= 11 is 0. The molecule has 5 rings (SSSR count). The lowest BCUT2D eigenvalue weighted by Crippen LogP contribution is -2.58. The summed E-state index contributed by atoms with van der Waals surface area (Å²) in [5, 5.41) is 2.87. The van der Waals surface area contributed by atoms with Crippen LogP contribution in [-0.2, 0) is 13.2 Å². The molecular weight excluding hydrogens is 475 g/mol. The number of nitrogens with two attached hydrogens (primary N) is 1. The Morgan fingerprint density at radius 3 is 2.58 bits per heavy atom. The van der Waals surface area contributed by atoms with Gasteiger partial charge in [-0.05, 0) is 61.4 Å². The van der Waals surface area contributed by atoms with E-state index in [1.165, 1.54) is 24.8 Å². The molecule has 188 valence electrons. The molecule has 2 aliphatic rings. The van der Waals surface area contributed by atoms with Gasteiger partial charge in [-0.3, -0.25) is 9.59 Å². The Kier molecular flexibility index (Phi) is 5.73. The molecular formula is C25H24F3N5O3. The summed E-state index contributed by atoms with van der Waals surface area (Å²) in [6.07, 6.45) is 2.66. The van der Waals surface area contributed by atoms with Gasteiger partial charge in [0.15, 0.2) is 0 Å². The summed E-state index contributed by atoms with van der Waals surface area (Å²) in [4.78, 5) is 32.5. The van der Waals surface area contributed by atoms with Crippen LogP contribution in [0.2, 0.25) is 0 Å². The van der Waals surface area contributed by atoms with E-state index in [1.807, 2.05) is 0 Å². The molecule has 1 spiro atoms. The second kappa shape index (κ2) is 8.65. The Bertz CT molecular complexity index is 1320. The van der Waals surface area contributed by atoms with Crippen molar-refractivity contribution in [2.75, 3.05) is 0 Å². The Morgan fingerprint density at radius 2 is 1.94 bits per heavy atom. The standard InChI is InChI=1S/C25H24F3N5O3/c1-33-13-30-12-20(33)14-5-15(7-16(6-14)25(26,27)28)22(35)32-17-8-24(9-17)10-18(11-24)36-23-19(21(29)34)3-2-4-31-23/h2-7,12-13,17-18H,8-11H2,1H3,(H2,29,34)(H,32,35). The number of hydrogen-bond acceptors (Lipinski definition) is 5. The van der Waals surface area contributed by atoms with Crippen LogP contribution in [0.5, 0.6) is 5.88 Å². The minimum absolute atomic E-state index is 0.0119. The van der Waals surface area contributed by atoms with Crippen LogP contribution in [0.1, 0.15) is 52.0 Å². The lowest BCUT2D eigenvalue weighted by molar-refractivity contribution is -0.137. The quantitative estimate of drug-likeness (QED) is 0.537. The van der Waals surface area contributed by atoms with Gasteiger partial charge in [-0.25, -0.2) is 9.97 Å². The molecule has 3 N–H and O–H groups in total. The Hall–Kier alpha value is -3.89. The number of alkyl halides is 3. The van der Waals surface area contributed by atoms with Crippen molar-refractivity contribution in [3.8, 4) is 17.1 Å². The Balaban J connectivity index is 1.21. The maximum absolute atomic E-state index is 13.5. The number of pyridine rings is 1. The number of primary amides is 1. The lowest BCUT2D eigenvalue weighted by Gasteiger charge is -2.57. The van der Waals surface area contributed by atoms with E-state index in [2.05, 4.69) is 15.3 Å². The van der Waals surface area contributed by atoms with Crippen molar-refractivity contribution in [1.82, 2.24) is 19.9 Å². The summed E-state index contributed by atoms with van der Waals surface area (Å²) in [6, 6.07) is 6.38. The second-order valence-electron chi connectivity index (χ2n) is 9.63. The van der Waals surface area contributed by atoms with Gasteiger partial charge < -0.3 is 20.4 Å². The fraction of sp³-hybridized carbons (Fsp3) is 0.360. The van der Waals surface area contributed by atoms with Crippen molar-refractivity contribution in [2.24, 2.45) is 18.2 Å². The monoisotopic (exact) mass is 499 g/mol. The van der Waals surface area contributed by atoms with Gasteiger partial charge in [0.25, 0.3) is 11.8 Å². The van der Waals surface area contributed by atoms with Crippen LogP contribution in [0.3, 0.4) is 0 Å². The highest BCUT2D eigenvalue weighted by Crippen LogP contribution is 2.56. The van der Waals surface area contributed by atoms with Gasteiger partial charge in [0.1, 0.15) is 11.7 Å². The molecule has 0 unspecified atom stereocenters. The van der Waals surface area contributed by atoms with E-state index < -0.39 is 23.6 Å². The smallest absolute Gasteiger partial charge is 0.416 e. The third-order valence-electron chi connectivity index (χ3n) is 6.97. The van der Waals surface area contributed by atoms with Gasteiger partial charge in [0.05, 0.1) is 23.8 Å². The Labute approximate surface area is 204 Å². The molecule has 2 amide bonds. The first-order valence-corrected chi connectivity index (χ1v) is 11.4. The number of benzene rings is 1. The minimum atomic E-state index is -4.59. The minimum Gasteiger partial charge on any atom is -0.474 e. The fourth-order valence-electron chi connectivity index (χ4n) is 5.21. The summed E-state index contributed by atoms with van der Waals surface area (Å²) in [5.41, 5.74) is 5.41. The van der Waals surface area contributed by atoms with Gasteiger partial charge in [-0.15, -0.1) is 0 Å². The van der Waals surface area contributed by atoms with Crippen molar-refractivity contribution < 1.29 is 27.5 Å². The van der Waals surface area contributed by atoms with Gasteiger partial charge in [0, 0.05) is 30.4 Å². The highest BCUT2D eigenvalue weighted by atomic mass is 19.4. The maximum atomic E-state index is 13.5. The number of halogens is 3. The van der Waals surface area contributed by atoms with Crippen LogP contribution in [0.15, 0.2) is 49.1 Å². The Morgan fingerprint density at radius 1 is 1.19 bits per heavy atom. The van der Waals surface area contributed by atoms with E-state index in [0.29, 0.717) is 18.5 Å². The first-order chi connectivity index (χ1) is 17.0. The molecule has 11 heteroatoms. The molecule has 1 aromatic carbocycles. The van der Waals surface area contributed by atoms with E-state index >= 15 is 0 Å². The number of ether oxygens (including phenoxy) is 1. The molecule has 2 aromatic heterocycles. The second-order valence-corrected chi connectivity index (χ2v) is 9.63. The zero-order chi connectivity index (χ0) is 25.7. The molecule has 3 aromatic rings. The van der Waals surface area contributed by atoms with Crippen molar-refractivity contribution in [1.29, 1.82) is 0 Å². The third kappa shape index (κ3) is 4.52. The molecule has 8 nitrogen and oxygen atoms in total.